The molecule has 0 saturated heterocycles. The van der Waals surface area contributed by atoms with E-state index in [1.165, 1.54) is 0 Å². The first kappa shape index (κ1) is 23.6. The molecule has 6 heteroatoms. The number of aryl methyl sites for hydroxylation is 2. The van der Waals surface area contributed by atoms with E-state index in [2.05, 4.69) is 10.3 Å². The first-order chi connectivity index (χ1) is 17.4. The average Bonchev–Trinajstić information content (AvgIpc) is 3.28. The molecule has 1 amide bonds. The molecule has 0 saturated carbocycles. The van der Waals surface area contributed by atoms with Crippen LogP contribution in [0.1, 0.15) is 23.7 Å². The van der Waals surface area contributed by atoms with Crippen LogP contribution in [-0.4, -0.2) is 18.0 Å². The number of nitrogens with one attached hydrogen (secondary N) is 1. The van der Waals surface area contributed by atoms with Gasteiger partial charge in [-0.3, -0.25) is 9.78 Å². The standard InChI is InChI=1S/C30H25ClN2O3/c1-17(14-28(34)33-27-7-5-6-26-22(27)13-8-18(2)32-26)23-15-24-25(20-9-11-21(31)12-10-20)16-36-30(24)19(3)29(23)35-4/h5-16H,1-4H3,(H,33,34)/b17-14+. The average molecular weight is 497 g/mol. The normalized spacial score (nSPS) is 11.8. The molecule has 0 spiro atoms. The van der Waals surface area contributed by atoms with E-state index in [0.29, 0.717) is 16.5 Å². The van der Waals surface area contributed by atoms with Crippen molar-refractivity contribution >= 4 is 50.6 Å². The maximum atomic E-state index is 13.0. The number of benzene rings is 3. The monoisotopic (exact) mass is 496 g/mol. The summed E-state index contributed by atoms with van der Waals surface area (Å²) in [7, 11) is 1.62. The van der Waals surface area contributed by atoms with Crippen molar-refractivity contribution in [3.05, 3.63) is 94.8 Å². The highest BCUT2D eigenvalue weighted by Crippen LogP contribution is 2.40. The van der Waals surface area contributed by atoms with Gasteiger partial charge in [0.25, 0.3) is 0 Å². The Labute approximate surface area is 214 Å². The van der Waals surface area contributed by atoms with Crippen molar-refractivity contribution in [3.63, 3.8) is 0 Å². The second kappa shape index (κ2) is 9.51. The smallest absolute Gasteiger partial charge is 0.248 e. The molecule has 0 fully saturated rings. The molecule has 5 aromatic rings. The third-order valence-corrected chi connectivity index (χ3v) is 6.56. The highest BCUT2D eigenvalue weighted by molar-refractivity contribution is 6.30. The Bertz CT molecular complexity index is 1650. The SMILES string of the molecule is COc1c(/C(C)=C/C(=O)Nc2cccc3nc(C)ccc23)cc2c(-c3ccc(Cl)cc3)coc2c1C. The van der Waals surface area contributed by atoms with E-state index >= 15 is 0 Å². The molecule has 0 aliphatic heterocycles. The molecule has 3 aromatic carbocycles. The number of aromatic nitrogens is 1. The first-order valence-corrected chi connectivity index (χ1v) is 11.9. The van der Waals surface area contributed by atoms with Gasteiger partial charge in [-0.1, -0.05) is 29.8 Å². The lowest BCUT2D eigenvalue weighted by Gasteiger charge is -2.14. The largest absolute Gasteiger partial charge is 0.496 e. The number of pyridine rings is 1. The van der Waals surface area contributed by atoms with Crippen molar-refractivity contribution in [2.75, 3.05) is 12.4 Å². The molecule has 2 aromatic heterocycles. The molecule has 0 aliphatic rings. The lowest BCUT2D eigenvalue weighted by molar-refractivity contribution is -0.111. The summed E-state index contributed by atoms with van der Waals surface area (Å²) in [5.74, 6) is 0.441. The molecule has 5 rings (SSSR count). The zero-order valence-corrected chi connectivity index (χ0v) is 21.2. The van der Waals surface area contributed by atoms with Gasteiger partial charge in [-0.05, 0) is 74.4 Å². The van der Waals surface area contributed by atoms with Crippen molar-refractivity contribution < 1.29 is 13.9 Å². The van der Waals surface area contributed by atoms with Gasteiger partial charge in [0.05, 0.1) is 24.6 Å². The molecule has 1 N–H and O–H groups in total. The lowest BCUT2D eigenvalue weighted by atomic mass is 9.96. The summed E-state index contributed by atoms with van der Waals surface area (Å²) in [5, 5.41) is 5.51. The van der Waals surface area contributed by atoms with E-state index in [0.717, 1.165) is 55.4 Å². The summed E-state index contributed by atoms with van der Waals surface area (Å²) in [6, 6.07) is 19.2. The highest BCUT2D eigenvalue weighted by atomic mass is 35.5. The molecule has 180 valence electrons. The third-order valence-electron chi connectivity index (χ3n) is 6.30. The van der Waals surface area contributed by atoms with E-state index in [1.54, 1.807) is 19.4 Å². The molecule has 0 atom stereocenters. The van der Waals surface area contributed by atoms with Crippen LogP contribution < -0.4 is 10.1 Å². The highest BCUT2D eigenvalue weighted by Gasteiger charge is 2.19. The fourth-order valence-electron chi connectivity index (χ4n) is 4.53. The Morgan fingerprint density at radius 1 is 1.06 bits per heavy atom. The van der Waals surface area contributed by atoms with Crippen LogP contribution in [0.15, 0.2) is 77.4 Å². The first-order valence-electron chi connectivity index (χ1n) is 11.6. The number of amides is 1. The summed E-state index contributed by atoms with van der Waals surface area (Å²) < 4.78 is 11.7. The Kier molecular flexibility index (Phi) is 6.25. The van der Waals surface area contributed by atoms with Crippen LogP contribution >= 0.6 is 11.6 Å². The van der Waals surface area contributed by atoms with E-state index < -0.39 is 0 Å². The second-order valence-corrected chi connectivity index (χ2v) is 9.19. The number of furan rings is 1. The van der Waals surface area contributed by atoms with Gasteiger partial charge in [-0.15, -0.1) is 0 Å². The zero-order valence-electron chi connectivity index (χ0n) is 20.5. The zero-order chi connectivity index (χ0) is 25.4. The Balaban J connectivity index is 1.54. The number of ether oxygens (including phenoxy) is 1. The molecule has 0 aliphatic carbocycles. The topological polar surface area (TPSA) is 64.4 Å². The maximum Gasteiger partial charge on any atom is 0.248 e. The van der Waals surface area contributed by atoms with Gasteiger partial charge in [0.15, 0.2) is 0 Å². The van der Waals surface area contributed by atoms with Gasteiger partial charge < -0.3 is 14.5 Å². The second-order valence-electron chi connectivity index (χ2n) is 8.76. The van der Waals surface area contributed by atoms with Gasteiger partial charge in [0.1, 0.15) is 11.3 Å². The van der Waals surface area contributed by atoms with Crippen LogP contribution in [0.2, 0.25) is 5.02 Å². The van der Waals surface area contributed by atoms with E-state index in [1.807, 2.05) is 81.4 Å². The molecular formula is C30H25ClN2O3. The van der Waals surface area contributed by atoms with Crippen molar-refractivity contribution in [2.45, 2.75) is 20.8 Å². The van der Waals surface area contributed by atoms with Gasteiger partial charge in [-0.2, -0.15) is 0 Å². The Morgan fingerprint density at radius 3 is 2.58 bits per heavy atom. The molecule has 0 bridgehead atoms. The Morgan fingerprint density at radius 2 is 1.83 bits per heavy atom. The molecule has 5 nitrogen and oxygen atoms in total. The number of rotatable bonds is 5. The van der Waals surface area contributed by atoms with Gasteiger partial charge in [-0.25, -0.2) is 0 Å². The molecular weight excluding hydrogens is 472 g/mol. The number of carbonyl (C=O) groups is 1. The lowest BCUT2D eigenvalue weighted by Crippen LogP contribution is -2.09. The summed E-state index contributed by atoms with van der Waals surface area (Å²) in [5.41, 5.74) is 7.63. The van der Waals surface area contributed by atoms with Crippen molar-refractivity contribution in [3.8, 4) is 16.9 Å². The van der Waals surface area contributed by atoms with Crippen LogP contribution in [-0.2, 0) is 4.79 Å². The predicted octanol–water partition coefficient (Wildman–Crippen LogP) is 7.97. The number of halogens is 1. The number of fused-ring (bicyclic) bond motifs is 2. The summed E-state index contributed by atoms with van der Waals surface area (Å²) in [6.07, 6.45) is 3.33. The minimum Gasteiger partial charge on any atom is -0.496 e. The molecule has 2 heterocycles. The van der Waals surface area contributed by atoms with E-state index in [-0.39, 0.29) is 5.91 Å². The molecule has 36 heavy (non-hydrogen) atoms. The molecule has 0 unspecified atom stereocenters. The van der Waals surface area contributed by atoms with Crippen molar-refractivity contribution in [1.29, 1.82) is 0 Å². The quantitative estimate of drug-likeness (QED) is 0.250. The van der Waals surface area contributed by atoms with Crippen molar-refractivity contribution in [1.82, 2.24) is 4.98 Å². The molecule has 0 radical (unpaired) electrons. The maximum absolute atomic E-state index is 13.0. The number of hydrogen-bond acceptors (Lipinski definition) is 4. The van der Waals surface area contributed by atoms with Gasteiger partial charge in [0.2, 0.25) is 5.91 Å². The van der Waals surface area contributed by atoms with Crippen LogP contribution in [0.3, 0.4) is 0 Å². The fraction of sp³-hybridized carbons (Fsp3) is 0.133. The van der Waals surface area contributed by atoms with Gasteiger partial charge >= 0.3 is 0 Å². The van der Waals surface area contributed by atoms with Crippen molar-refractivity contribution in [2.24, 2.45) is 0 Å². The summed E-state index contributed by atoms with van der Waals surface area (Å²) in [4.78, 5) is 17.6. The number of anilines is 1. The summed E-state index contributed by atoms with van der Waals surface area (Å²) in [6.45, 7) is 5.80. The number of allylic oxidation sites excluding steroid dienone is 1. The minimum absolute atomic E-state index is 0.231. The predicted molar refractivity (Wildman–Crippen MR) is 147 cm³/mol. The Hall–Kier alpha value is -4.09. The number of carbonyl (C=O) groups excluding carboxylic acids is 1. The van der Waals surface area contributed by atoms with Crippen LogP contribution in [0.25, 0.3) is 38.6 Å². The van der Waals surface area contributed by atoms with Crippen LogP contribution in [0, 0.1) is 13.8 Å². The van der Waals surface area contributed by atoms with E-state index in [4.69, 9.17) is 20.8 Å². The third kappa shape index (κ3) is 4.34. The van der Waals surface area contributed by atoms with Crippen LogP contribution in [0.5, 0.6) is 5.75 Å². The summed E-state index contributed by atoms with van der Waals surface area (Å²) >= 11 is 6.08. The minimum atomic E-state index is -0.231. The number of hydrogen-bond donors (Lipinski definition) is 1. The van der Waals surface area contributed by atoms with Crippen LogP contribution in [0.4, 0.5) is 5.69 Å². The van der Waals surface area contributed by atoms with Gasteiger partial charge in [0, 0.05) is 44.3 Å². The number of methoxy groups -OCH3 is 1. The fourth-order valence-corrected chi connectivity index (χ4v) is 4.66. The van der Waals surface area contributed by atoms with E-state index in [9.17, 15) is 4.79 Å². The number of nitrogens with zero attached hydrogens (tertiary/aromatic N) is 1.